The SMILES string of the molecule is CCC1(C)CSC(=NC2CCc3ccccc3C2)N1. The van der Waals surface area contributed by atoms with E-state index in [1.807, 2.05) is 11.8 Å². The largest absolute Gasteiger partial charge is 0.359 e. The maximum atomic E-state index is 4.95. The molecule has 0 amide bonds. The van der Waals surface area contributed by atoms with Gasteiger partial charge in [0.2, 0.25) is 0 Å². The number of benzene rings is 1. The molecule has 1 aromatic rings. The van der Waals surface area contributed by atoms with Crippen molar-refractivity contribution in [2.75, 3.05) is 5.75 Å². The second kappa shape index (κ2) is 5.20. The highest BCUT2D eigenvalue weighted by Gasteiger charge is 2.31. The van der Waals surface area contributed by atoms with E-state index in [4.69, 9.17) is 4.99 Å². The minimum Gasteiger partial charge on any atom is -0.359 e. The zero-order valence-electron chi connectivity index (χ0n) is 11.8. The topological polar surface area (TPSA) is 24.4 Å². The van der Waals surface area contributed by atoms with Gasteiger partial charge in [0.1, 0.15) is 0 Å². The van der Waals surface area contributed by atoms with Gasteiger partial charge in [-0.15, -0.1) is 0 Å². The standard InChI is InChI=1S/C16H22N2S/c1-3-16(2)11-19-15(18-16)17-14-9-8-12-6-4-5-7-13(12)10-14/h4-7,14H,3,8-11H2,1-2H3,(H,17,18). The van der Waals surface area contributed by atoms with Gasteiger partial charge in [-0.05, 0) is 43.7 Å². The molecule has 1 aliphatic heterocycles. The molecule has 3 heteroatoms. The zero-order valence-corrected chi connectivity index (χ0v) is 12.6. The Morgan fingerprint density at radius 3 is 2.89 bits per heavy atom. The highest BCUT2D eigenvalue weighted by Crippen LogP contribution is 2.28. The molecule has 0 radical (unpaired) electrons. The fourth-order valence-corrected chi connectivity index (χ4v) is 4.05. The van der Waals surface area contributed by atoms with E-state index in [1.165, 1.54) is 24.0 Å². The molecule has 2 nitrogen and oxygen atoms in total. The second-order valence-corrected chi connectivity index (χ2v) is 6.89. The van der Waals surface area contributed by atoms with E-state index in [2.05, 4.69) is 43.4 Å². The summed E-state index contributed by atoms with van der Waals surface area (Å²) in [4.78, 5) is 4.95. The van der Waals surface area contributed by atoms with E-state index in [9.17, 15) is 0 Å². The predicted molar refractivity (Wildman–Crippen MR) is 84.0 cm³/mol. The second-order valence-electron chi connectivity index (χ2n) is 5.93. The summed E-state index contributed by atoms with van der Waals surface area (Å²) in [6.45, 7) is 4.53. The Balaban J connectivity index is 1.70. The summed E-state index contributed by atoms with van der Waals surface area (Å²) in [5.74, 6) is 1.14. The van der Waals surface area contributed by atoms with Crippen molar-refractivity contribution < 1.29 is 0 Å². The zero-order chi connectivity index (χ0) is 13.3. The summed E-state index contributed by atoms with van der Waals surface area (Å²) in [6.07, 6.45) is 4.62. The molecule has 0 saturated carbocycles. The van der Waals surface area contributed by atoms with Gasteiger partial charge in [0.15, 0.2) is 5.17 Å². The number of aliphatic imine (C=N–C) groups is 1. The number of nitrogens with zero attached hydrogens (tertiary/aromatic N) is 1. The van der Waals surface area contributed by atoms with Crippen molar-refractivity contribution in [1.29, 1.82) is 0 Å². The lowest BCUT2D eigenvalue weighted by Gasteiger charge is -2.23. The number of fused-ring (bicyclic) bond motifs is 1. The number of hydrogen-bond acceptors (Lipinski definition) is 2. The van der Waals surface area contributed by atoms with Crippen molar-refractivity contribution in [3.05, 3.63) is 35.4 Å². The summed E-state index contributed by atoms with van der Waals surface area (Å²) in [6, 6.07) is 9.27. The van der Waals surface area contributed by atoms with Crippen molar-refractivity contribution in [1.82, 2.24) is 5.32 Å². The Morgan fingerprint density at radius 2 is 2.16 bits per heavy atom. The van der Waals surface area contributed by atoms with Crippen molar-refractivity contribution in [2.24, 2.45) is 4.99 Å². The number of nitrogens with one attached hydrogen (secondary N) is 1. The third kappa shape index (κ3) is 2.81. The minimum absolute atomic E-state index is 0.246. The third-order valence-electron chi connectivity index (χ3n) is 4.34. The van der Waals surface area contributed by atoms with Crippen LogP contribution in [-0.2, 0) is 12.8 Å². The molecule has 2 unspecified atom stereocenters. The maximum absolute atomic E-state index is 4.95. The average Bonchev–Trinajstić information content (AvgIpc) is 2.81. The summed E-state index contributed by atoms with van der Waals surface area (Å²) >= 11 is 1.89. The molecule has 0 bridgehead atoms. The molecule has 0 aromatic heterocycles. The molecule has 1 N–H and O–H groups in total. The van der Waals surface area contributed by atoms with Crippen molar-refractivity contribution in [2.45, 2.75) is 51.1 Å². The number of amidine groups is 1. The normalized spacial score (nSPS) is 32.1. The lowest BCUT2D eigenvalue weighted by Crippen LogP contribution is -2.40. The molecule has 1 saturated heterocycles. The first kappa shape index (κ1) is 13.0. The van der Waals surface area contributed by atoms with Gasteiger partial charge < -0.3 is 5.32 Å². The Bertz CT molecular complexity index is 497. The first-order chi connectivity index (χ1) is 9.18. The molecule has 2 atom stereocenters. The average molecular weight is 274 g/mol. The van der Waals surface area contributed by atoms with Crippen LogP contribution in [0.25, 0.3) is 0 Å². The summed E-state index contributed by atoms with van der Waals surface area (Å²) in [5, 5.41) is 4.76. The van der Waals surface area contributed by atoms with Crippen LogP contribution in [-0.4, -0.2) is 22.5 Å². The van der Waals surface area contributed by atoms with Gasteiger partial charge in [-0.25, -0.2) is 0 Å². The minimum atomic E-state index is 0.246. The van der Waals surface area contributed by atoms with E-state index in [-0.39, 0.29) is 5.54 Å². The van der Waals surface area contributed by atoms with Crippen molar-refractivity contribution in [3.63, 3.8) is 0 Å². The molecule has 1 aromatic carbocycles. The van der Waals surface area contributed by atoms with Gasteiger partial charge in [0.25, 0.3) is 0 Å². The fraction of sp³-hybridized carbons (Fsp3) is 0.562. The van der Waals surface area contributed by atoms with E-state index in [1.54, 1.807) is 0 Å². The van der Waals surface area contributed by atoms with Gasteiger partial charge in [-0.3, -0.25) is 4.99 Å². The van der Waals surface area contributed by atoms with E-state index in [0.29, 0.717) is 6.04 Å². The van der Waals surface area contributed by atoms with Gasteiger partial charge in [-0.2, -0.15) is 0 Å². The highest BCUT2D eigenvalue weighted by molar-refractivity contribution is 8.14. The lowest BCUT2D eigenvalue weighted by atomic mass is 9.89. The molecular weight excluding hydrogens is 252 g/mol. The molecule has 1 heterocycles. The molecule has 1 fully saturated rings. The van der Waals surface area contributed by atoms with E-state index in [0.717, 1.165) is 23.8 Å². The quantitative estimate of drug-likeness (QED) is 0.894. The van der Waals surface area contributed by atoms with Crippen LogP contribution in [0.4, 0.5) is 0 Å². The van der Waals surface area contributed by atoms with E-state index < -0.39 is 0 Å². The van der Waals surface area contributed by atoms with Crippen LogP contribution < -0.4 is 5.32 Å². The maximum Gasteiger partial charge on any atom is 0.157 e. The fourth-order valence-electron chi connectivity index (χ4n) is 2.77. The number of hydrogen-bond donors (Lipinski definition) is 1. The van der Waals surface area contributed by atoms with Crippen LogP contribution in [0.3, 0.4) is 0 Å². The first-order valence-corrected chi connectivity index (χ1v) is 8.23. The molecular formula is C16H22N2S. The lowest BCUT2D eigenvalue weighted by molar-refractivity contribution is 0.464. The molecule has 3 rings (SSSR count). The number of aryl methyl sites for hydroxylation is 1. The van der Waals surface area contributed by atoms with Gasteiger partial charge >= 0.3 is 0 Å². The summed E-state index contributed by atoms with van der Waals surface area (Å²) in [7, 11) is 0. The monoisotopic (exact) mass is 274 g/mol. The first-order valence-electron chi connectivity index (χ1n) is 7.24. The van der Waals surface area contributed by atoms with Crippen LogP contribution in [0.5, 0.6) is 0 Å². The molecule has 2 aliphatic rings. The van der Waals surface area contributed by atoms with Crippen molar-refractivity contribution >= 4 is 16.9 Å². The Morgan fingerprint density at radius 1 is 1.37 bits per heavy atom. The number of rotatable bonds is 2. The van der Waals surface area contributed by atoms with Crippen LogP contribution in [0.1, 0.15) is 37.8 Å². The van der Waals surface area contributed by atoms with Crippen LogP contribution >= 0.6 is 11.8 Å². The smallest absolute Gasteiger partial charge is 0.157 e. The third-order valence-corrected chi connectivity index (χ3v) is 5.60. The molecule has 102 valence electrons. The van der Waals surface area contributed by atoms with Crippen LogP contribution in [0, 0.1) is 0 Å². The van der Waals surface area contributed by atoms with Gasteiger partial charge in [0, 0.05) is 11.3 Å². The highest BCUT2D eigenvalue weighted by atomic mass is 32.2. The van der Waals surface area contributed by atoms with Crippen LogP contribution in [0.15, 0.2) is 29.3 Å². The molecule has 0 spiro atoms. The number of thioether (sulfide) groups is 1. The predicted octanol–water partition coefficient (Wildman–Crippen LogP) is 3.41. The van der Waals surface area contributed by atoms with Crippen LogP contribution in [0.2, 0.25) is 0 Å². The summed E-state index contributed by atoms with van der Waals surface area (Å²) < 4.78 is 0. The molecule has 1 aliphatic carbocycles. The molecule has 19 heavy (non-hydrogen) atoms. The van der Waals surface area contributed by atoms with Gasteiger partial charge in [-0.1, -0.05) is 43.0 Å². The Labute approximate surface area is 120 Å². The Kier molecular flexibility index (Phi) is 3.57. The van der Waals surface area contributed by atoms with Crippen molar-refractivity contribution in [3.8, 4) is 0 Å². The summed E-state index contributed by atoms with van der Waals surface area (Å²) in [5.41, 5.74) is 3.25. The van der Waals surface area contributed by atoms with Gasteiger partial charge in [0.05, 0.1) is 6.04 Å². The van der Waals surface area contributed by atoms with E-state index >= 15 is 0 Å². The Hall–Kier alpha value is -0.960.